The van der Waals surface area contributed by atoms with Crippen LogP contribution >= 0.6 is 11.8 Å². The number of aliphatic hydroxyl groups excluding tert-OH is 1. The Bertz CT molecular complexity index is 1250. The lowest BCUT2D eigenvalue weighted by Gasteiger charge is -2.26. The van der Waals surface area contributed by atoms with Crippen LogP contribution in [0.15, 0.2) is 89.8 Å². The Morgan fingerprint density at radius 2 is 1.74 bits per heavy atom. The molecule has 3 rings (SSSR count). The van der Waals surface area contributed by atoms with Crippen LogP contribution in [0.4, 0.5) is 21.9 Å². The van der Waals surface area contributed by atoms with Crippen LogP contribution in [-0.2, 0) is 9.53 Å². The fourth-order valence-electron chi connectivity index (χ4n) is 3.91. The molecule has 0 spiro atoms. The number of hydrogen-bond donors (Lipinski definition) is 4. The standard InChI is InChI=1S/C30H35N3O5S/c1-21(9-3-8-14-28(35)33-26-12-6-5-11-25(26)31)29(24-10-4-7-13-27(24)37-20-19-34)38-30(36)32-22-15-17-23(39-2)18-16-22/h4-8,10-18,21,29,34H,3,9,19-20,31H2,1-2H3,(H,32,36)(H,33,35)/b14-8+/t21-,29+/m1/s1. The number of para-hydroxylation sites is 3. The minimum Gasteiger partial charge on any atom is -0.491 e. The molecule has 0 aliphatic heterocycles. The van der Waals surface area contributed by atoms with Gasteiger partial charge in [0.15, 0.2) is 0 Å². The molecule has 8 nitrogen and oxygen atoms in total. The fourth-order valence-corrected chi connectivity index (χ4v) is 4.32. The van der Waals surface area contributed by atoms with Crippen molar-refractivity contribution in [3.63, 3.8) is 0 Å². The molecule has 0 aromatic heterocycles. The molecular weight excluding hydrogens is 514 g/mol. The van der Waals surface area contributed by atoms with Gasteiger partial charge in [0.05, 0.1) is 18.0 Å². The zero-order valence-electron chi connectivity index (χ0n) is 22.1. The average Bonchev–Trinajstić information content (AvgIpc) is 2.94. The van der Waals surface area contributed by atoms with Crippen LogP contribution in [0, 0.1) is 5.92 Å². The van der Waals surface area contributed by atoms with Gasteiger partial charge in [-0.25, -0.2) is 4.79 Å². The maximum atomic E-state index is 12.9. The number of ether oxygens (including phenoxy) is 2. The van der Waals surface area contributed by atoms with E-state index in [4.69, 9.17) is 15.2 Å². The molecule has 2 amide bonds. The third-order valence-electron chi connectivity index (χ3n) is 5.94. The lowest BCUT2D eigenvalue weighted by molar-refractivity contribution is -0.111. The minimum absolute atomic E-state index is 0.119. The van der Waals surface area contributed by atoms with Crippen LogP contribution in [-0.4, -0.2) is 36.6 Å². The Morgan fingerprint density at radius 1 is 1.03 bits per heavy atom. The zero-order chi connectivity index (χ0) is 28.0. The molecule has 3 aromatic carbocycles. The molecule has 0 fully saturated rings. The number of carbonyl (C=O) groups excluding carboxylic acids is 2. The molecule has 2 atom stereocenters. The number of nitrogens with two attached hydrogens (primary N) is 1. The van der Waals surface area contributed by atoms with Gasteiger partial charge in [-0.05, 0) is 73.6 Å². The van der Waals surface area contributed by atoms with Gasteiger partial charge in [0.2, 0.25) is 5.91 Å². The highest BCUT2D eigenvalue weighted by Gasteiger charge is 2.26. The van der Waals surface area contributed by atoms with E-state index in [9.17, 15) is 14.7 Å². The molecule has 206 valence electrons. The zero-order valence-corrected chi connectivity index (χ0v) is 22.9. The first-order chi connectivity index (χ1) is 18.9. The number of nitrogens with one attached hydrogen (secondary N) is 2. The summed E-state index contributed by atoms with van der Waals surface area (Å²) in [5, 5.41) is 14.8. The maximum absolute atomic E-state index is 12.9. The molecule has 0 bridgehead atoms. The van der Waals surface area contributed by atoms with Crippen molar-refractivity contribution >= 4 is 40.8 Å². The number of carbonyl (C=O) groups is 2. The first-order valence-corrected chi connectivity index (χ1v) is 13.9. The maximum Gasteiger partial charge on any atom is 0.412 e. The van der Waals surface area contributed by atoms with Gasteiger partial charge in [-0.2, -0.15) is 0 Å². The van der Waals surface area contributed by atoms with E-state index in [0.29, 0.717) is 41.2 Å². The van der Waals surface area contributed by atoms with Crippen LogP contribution in [0.1, 0.15) is 31.4 Å². The quantitative estimate of drug-likeness (QED) is 0.113. The van der Waals surface area contributed by atoms with Gasteiger partial charge in [0.25, 0.3) is 0 Å². The molecular formula is C30H35N3O5S. The number of thioether (sulfide) groups is 1. The van der Waals surface area contributed by atoms with Crippen LogP contribution in [0.5, 0.6) is 5.75 Å². The molecule has 5 N–H and O–H groups in total. The number of aliphatic hydroxyl groups is 1. The van der Waals surface area contributed by atoms with E-state index in [1.54, 1.807) is 48.2 Å². The second-order valence-corrected chi connectivity index (χ2v) is 9.70. The van der Waals surface area contributed by atoms with Gasteiger partial charge in [-0.3, -0.25) is 10.1 Å². The van der Waals surface area contributed by atoms with E-state index < -0.39 is 12.2 Å². The normalized spacial score (nSPS) is 12.5. The minimum atomic E-state index is -0.628. The van der Waals surface area contributed by atoms with Crippen molar-refractivity contribution in [1.29, 1.82) is 0 Å². The molecule has 0 saturated heterocycles. The number of anilines is 3. The number of benzene rings is 3. The summed E-state index contributed by atoms with van der Waals surface area (Å²) in [5.74, 6) is 0.143. The molecule has 0 heterocycles. The molecule has 9 heteroatoms. The summed E-state index contributed by atoms with van der Waals surface area (Å²) in [6.45, 7) is 1.96. The predicted molar refractivity (Wildman–Crippen MR) is 157 cm³/mol. The SMILES string of the molecule is CSc1ccc(NC(=O)O[C@H](c2ccccc2OCCO)[C@H](C)CC/C=C/C(=O)Nc2ccccc2N)cc1. The van der Waals surface area contributed by atoms with E-state index >= 15 is 0 Å². The summed E-state index contributed by atoms with van der Waals surface area (Å²) in [6, 6.07) is 21.9. The third kappa shape index (κ3) is 9.38. The van der Waals surface area contributed by atoms with Gasteiger partial charge in [0, 0.05) is 16.1 Å². The fraction of sp³-hybridized carbons (Fsp3) is 0.267. The molecule has 0 radical (unpaired) electrons. The summed E-state index contributed by atoms with van der Waals surface area (Å²) in [6.07, 6.45) is 5.23. The lowest BCUT2D eigenvalue weighted by atomic mass is 9.92. The number of hydrogen-bond acceptors (Lipinski definition) is 7. The summed E-state index contributed by atoms with van der Waals surface area (Å²) in [4.78, 5) is 26.3. The van der Waals surface area contributed by atoms with Crippen molar-refractivity contribution in [3.8, 4) is 5.75 Å². The molecule has 3 aromatic rings. The Kier molecular flexibility index (Phi) is 11.7. The van der Waals surface area contributed by atoms with E-state index in [2.05, 4.69) is 10.6 Å². The smallest absolute Gasteiger partial charge is 0.412 e. The highest BCUT2D eigenvalue weighted by Crippen LogP contribution is 2.35. The first-order valence-electron chi connectivity index (χ1n) is 12.7. The number of nitrogen functional groups attached to an aromatic ring is 1. The summed E-state index contributed by atoms with van der Waals surface area (Å²) in [7, 11) is 0. The van der Waals surface area contributed by atoms with Crippen LogP contribution in [0.2, 0.25) is 0 Å². The molecule has 0 aliphatic carbocycles. The highest BCUT2D eigenvalue weighted by molar-refractivity contribution is 7.98. The number of rotatable bonds is 13. The van der Waals surface area contributed by atoms with E-state index in [-0.39, 0.29) is 25.0 Å². The van der Waals surface area contributed by atoms with Crippen molar-refractivity contribution in [2.75, 3.05) is 35.8 Å². The van der Waals surface area contributed by atoms with Crippen LogP contribution in [0.3, 0.4) is 0 Å². The highest BCUT2D eigenvalue weighted by atomic mass is 32.2. The van der Waals surface area contributed by atoms with Crippen LogP contribution in [0.25, 0.3) is 0 Å². The van der Waals surface area contributed by atoms with Gasteiger partial charge in [0.1, 0.15) is 18.5 Å². The largest absolute Gasteiger partial charge is 0.491 e. The van der Waals surface area contributed by atoms with E-state index in [0.717, 1.165) is 4.90 Å². The van der Waals surface area contributed by atoms with Crippen LogP contribution < -0.4 is 21.1 Å². The third-order valence-corrected chi connectivity index (χ3v) is 6.68. The summed E-state index contributed by atoms with van der Waals surface area (Å²) in [5.41, 5.74) is 8.27. The lowest BCUT2D eigenvalue weighted by Crippen LogP contribution is -2.22. The van der Waals surface area contributed by atoms with Gasteiger partial charge < -0.3 is 25.6 Å². The molecule has 0 aliphatic rings. The molecule has 39 heavy (non-hydrogen) atoms. The summed E-state index contributed by atoms with van der Waals surface area (Å²) < 4.78 is 11.7. The first kappa shape index (κ1) is 29.6. The number of allylic oxidation sites excluding steroid dienone is 1. The van der Waals surface area contributed by atoms with Gasteiger partial charge in [-0.15, -0.1) is 11.8 Å². The van der Waals surface area contributed by atoms with Gasteiger partial charge >= 0.3 is 6.09 Å². The Morgan fingerprint density at radius 3 is 2.46 bits per heavy atom. The van der Waals surface area contributed by atoms with E-state index in [1.165, 1.54) is 6.08 Å². The topological polar surface area (TPSA) is 123 Å². The second kappa shape index (κ2) is 15.5. The van der Waals surface area contributed by atoms with Crippen molar-refractivity contribution in [2.24, 2.45) is 5.92 Å². The molecule has 0 unspecified atom stereocenters. The summed E-state index contributed by atoms with van der Waals surface area (Å²) >= 11 is 1.62. The van der Waals surface area contributed by atoms with Crippen molar-refractivity contribution in [1.82, 2.24) is 0 Å². The average molecular weight is 550 g/mol. The molecule has 0 saturated carbocycles. The van der Waals surface area contributed by atoms with E-state index in [1.807, 2.05) is 55.6 Å². The monoisotopic (exact) mass is 549 g/mol. The second-order valence-electron chi connectivity index (χ2n) is 8.82. The Labute approximate surface area is 233 Å². The van der Waals surface area contributed by atoms with Crippen molar-refractivity contribution in [2.45, 2.75) is 30.8 Å². The number of amides is 2. The Hall–Kier alpha value is -3.95. The predicted octanol–water partition coefficient (Wildman–Crippen LogP) is 6.26. The van der Waals surface area contributed by atoms with Crippen molar-refractivity contribution in [3.05, 3.63) is 90.5 Å². The van der Waals surface area contributed by atoms with Gasteiger partial charge in [-0.1, -0.05) is 43.3 Å². The van der Waals surface area contributed by atoms with Crippen molar-refractivity contribution < 1.29 is 24.2 Å². The Balaban J connectivity index is 1.68.